The maximum Gasteiger partial charge on any atom is 0.248 e. The van der Waals surface area contributed by atoms with E-state index in [1.807, 2.05) is 31.2 Å². The van der Waals surface area contributed by atoms with Gasteiger partial charge >= 0.3 is 0 Å². The van der Waals surface area contributed by atoms with Gasteiger partial charge in [0.25, 0.3) is 0 Å². The van der Waals surface area contributed by atoms with Gasteiger partial charge in [-0.2, -0.15) is 4.31 Å². The summed E-state index contributed by atoms with van der Waals surface area (Å²) in [4.78, 5) is 12.4. The van der Waals surface area contributed by atoms with Gasteiger partial charge in [0, 0.05) is 24.9 Å². The Morgan fingerprint density at radius 2 is 1.87 bits per heavy atom. The van der Waals surface area contributed by atoms with E-state index in [1.165, 1.54) is 16.4 Å². The molecule has 160 valence electrons. The number of amides is 1. The summed E-state index contributed by atoms with van der Waals surface area (Å²) in [6.07, 6.45) is 3.12. The summed E-state index contributed by atoms with van der Waals surface area (Å²) in [6, 6.07) is 12.4. The van der Waals surface area contributed by atoms with E-state index in [-0.39, 0.29) is 29.6 Å². The highest BCUT2D eigenvalue weighted by Gasteiger charge is 2.29. The molecule has 1 aliphatic rings. The standard InChI is InChI=1S/C22H26N2O5S/c1-3-29-20-10-9-19(16-21(20)30(26,27)24-12-14-28-15-13-24)23-22(25)11-8-18-6-4-17(2)5-7-18/h4-11,16H,3,12-15H2,1-2H3,(H,23,25). The van der Waals surface area contributed by atoms with Crippen LogP contribution >= 0.6 is 0 Å². The van der Waals surface area contributed by atoms with Crippen LogP contribution in [0, 0.1) is 6.92 Å². The molecule has 0 spiro atoms. The molecule has 0 atom stereocenters. The van der Waals surface area contributed by atoms with Gasteiger partial charge in [0.05, 0.1) is 19.8 Å². The molecule has 1 fully saturated rings. The SMILES string of the molecule is CCOc1ccc(NC(=O)C=Cc2ccc(C)cc2)cc1S(=O)(=O)N1CCOCC1. The highest BCUT2D eigenvalue weighted by atomic mass is 32.2. The van der Waals surface area contributed by atoms with Crippen molar-refractivity contribution in [1.29, 1.82) is 0 Å². The summed E-state index contributed by atoms with van der Waals surface area (Å²) in [5, 5.41) is 2.72. The second kappa shape index (κ2) is 9.88. The smallest absolute Gasteiger partial charge is 0.248 e. The van der Waals surface area contributed by atoms with E-state index >= 15 is 0 Å². The zero-order chi connectivity index (χ0) is 21.6. The van der Waals surface area contributed by atoms with Crippen molar-refractivity contribution in [2.24, 2.45) is 0 Å². The Morgan fingerprint density at radius 1 is 1.17 bits per heavy atom. The molecule has 30 heavy (non-hydrogen) atoms. The normalized spacial score (nSPS) is 15.3. The number of anilines is 1. The van der Waals surface area contributed by atoms with Crippen molar-refractivity contribution in [1.82, 2.24) is 4.31 Å². The number of carbonyl (C=O) groups is 1. The highest BCUT2D eigenvalue weighted by Crippen LogP contribution is 2.30. The Hall–Kier alpha value is -2.68. The number of aryl methyl sites for hydroxylation is 1. The van der Waals surface area contributed by atoms with E-state index in [1.54, 1.807) is 25.1 Å². The number of carbonyl (C=O) groups excluding carboxylic acids is 1. The van der Waals surface area contributed by atoms with Crippen LogP contribution in [-0.2, 0) is 19.6 Å². The molecule has 7 nitrogen and oxygen atoms in total. The fourth-order valence-corrected chi connectivity index (χ4v) is 4.59. The summed E-state index contributed by atoms with van der Waals surface area (Å²) in [7, 11) is -3.77. The Morgan fingerprint density at radius 3 is 2.53 bits per heavy atom. The number of benzene rings is 2. The molecule has 1 N–H and O–H groups in total. The van der Waals surface area contributed by atoms with Crippen LogP contribution in [-0.4, -0.2) is 51.5 Å². The third-order valence-corrected chi connectivity index (χ3v) is 6.52. The van der Waals surface area contributed by atoms with Gasteiger partial charge in [-0.1, -0.05) is 29.8 Å². The van der Waals surface area contributed by atoms with E-state index in [0.717, 1.165) is 11.1 Å². The fourth-order valence-electron chi connectivity index (χ4n) is 3.02. The number of nitrogens with zero attached hydrogens (tertiary/aromatic N) is 1. The van der Waals surface area contributed by atoms with Crippen LogP contribution in [0.5, 0.6) is 5.75 Å². The van der Waals surface area contributed by atoms with Crippen LogP contribution in [0.3, 0.4) is 0 Å². The average molecular weight is 431 g/mol. The molecule has 3 rings (SSSR count). The molecule has 0 saturated carbocycles. The second-order valence-corrected chi connectivity index (χ2v) is 8.75. The van der Waals surface area contributed by atoms with E-state index in [9.17, 15) is 13.2 Å². The lowest BCUT2D eigenvalue weighted by Crippen LogP contribution is -2.40. The summed E-state index contributed by atoms with van der Waals surface area (Å²) < 4.78 is 38.4. The number of nitrogens with one attached hydrogen (secondary N) is 1. The van der Waals surface area contributed by atoms with Crippen LogP contribution in [0.1, 0.15) is 18.1 Å². The van der Waals surface area contributed by atoms with Crippen molar-refractivity contribution in [2.75, 3.05) is 38.2 Å². The van der Waals surface area contributed by atoms with E-state index in [2.05, 4.69) is 5.32 Å². The maximum atomic E-state index is 13.1. The van der Waals surface area contributed by atoms with E-state index in [4.69, 9.17) is 9.47 Å². The first kappa shape index (κ1) is 22.0. The van der Waals surface area contributed by atoms with Gasteiger partial charge in [-0.3, -0.25) is 4.79 Å². The minimum Gasteiger partial charge on any atom is -0.492 e. The Balaban J connectivity index is 1.81. The Kier molecular flexibility index (Phi) is 7.25. The molecule has 0 aliphatic carbocycles. The highest BCUT2D eigenvalue weighted by molar-refractivity contribution is 7.89. The molecular weight excluding hydrogens is 404 g/mol. The molecular formula is C22H26N2O5S. The predicted octanol–water partition coefficient (Wildman–Crippen LogP) is 3.07. The number of sulfonamides is 1. The number of hydrogen-bond donors (Lipinski definition) is 1. The zero-order valence-corrected chi connectivity index (χ0v) is 17.9. The molecule has 1 saturated heterocycles. The lowest BCUT2D eigenvalue weighted by molar-refractivity contribution is -0.111. The van der Waals surface area contributed by atoms with Crippen LogP contribution in [0.2, 0.25) is 0 Å². The van der Waals surface area contributed by atoms with Gasteiger partial charge in [-0.15, -0.1) is 0 Å². The number of ether oxygens (including phenoxy) is 2. The fraction of sp³-hybridized carbons (Fsp3) is 0.318. The van der Waals surface area contributed by atoms with E-state index in [0.29, 0.717) is 25.5 Å². The van der Waals surface area contributed by atoms with Gasteiger partial charge in [-0.25, -0.2) is 8.42 Å². The van der Waals surface area contributed by atoms with Crippen molar-refractivity contribution in [3.8, 4) is 5.75 Å². The van der Waals surface area contributed by atoms with Crippen LogP contribution in [0.25, 0.3) is 6.08 Å². The predicted molar refractivity (Wildman–Crippen MR) is 116 cm³/mol. The third-order valence-electron chi connectivity index (χ3n) is 4.60. The average Bonchev–Trinajstić information content (AvgIpc) is 2.75. The third kappa shape index (κ3) is 5.47. The summed E-state index contributed by atoms with van der Waals surface area (Å²) in [6.45, 7) is 5.38. The lowest BCUT2D eigenvalue weighted by atomic mass is 10.1. The van der Waals surface area contributed by atoms with E-state index < -0.39 is 10.0 Å². The zero-order valence-electron chi connectivity index (χ0n) is 17.1. The maximum absolute atomic E-state index is 13.1. The van der Waals surface area contributed by atoms with Gasteiger partial charge < -0.3 is 14.8 Å². The molecule has 0 unspecified atom stereocenters. The molecule has 8 heteroatoms. The minimum atomic E-state index is -3.77. The number of morpholine rings is 1. The number of hydrogen-bond acceptors (Lipinski definition) is 5. The lowest BCUT2D eigenvalue weighted by Gasteiger charge is -2.27. The quantitative estimate of drug-likeness (QED) is 0.683. The molecule has 1 amide bonds. The second-order valence-electron chi connectivity index (χ2n) is 6.84. The molecule has 2 aromatic rings. The van der Waals surface area contributed by atoms with Gasteiger partial charge in [0.2, 0.25) is 15.9 Å². The van der Waals surface area contributed by atoms with Crippen molar-refractivity contribution in [3.05, 3.63) is 59.7 Å². The molecule has 1 aliphatic heterocycles. The number of rotatable bonds is 7. The molecule has 0 bridgehead atoms. The largest absolute Gasteiger partial charge is 0.492 e. The molecule has 1 heterocycles. The van der Waals surface area contributed by atoms with Crippen LogP contribution in [0.15, 0.2) is 53.4 Å². The summed E-state index contributed by atoms with van der Waals surface area (Å²) in [5.41, 5.74) is 2.42. The van der Waals surface area contributed by atoms with Gasteiger partial charge in [-0.05, 0) is 43.7 Å². The van der Waals surface area contributed by atoms with Crippen molar-refractivity contribution < 1.29 is 22.7 Å². The Labute approximate surface area is 177 Å². The van der Waals surface area contributed by atoms with Gasteiger partial charge in [0.15, 0.2) is 0 Å². The van der Waals surface area contributed by atoms with Crippen LogP contribution < -0.4 is 10.1 Å². The van der Waals surface area contributed by atoms with Crippen molar-refractivity contribution in [2.45, 2.75) is 18.7 Å². The monoisotopic (exact) mass is 430 g/mol. The first-order valence-corrected chi connectivity index (χ1v) is 11.2. The molecule has 2 aromatic carbocycles. The topological polar surface area (TPSA) is 84.9 Å². The molecule has 0 aromatic heterocycles. The molecule has 0 radical (unpaired) electrons. The van der Waals surface area contributed by atoms with Crippen molar-refractivity contribution in [3.63, 3.8) is 0 Å². The summed E-state index contributed by atoms with van der Waals surface area (Å²) >= 11 is 0. The first-order valence-electron chi connectivity index (χ1n) is 9.80. The minimum absolute atomic E-state index is 0.0339. The Bertz CT molecular complexity index is 1010. The van der Waals surface area contributed by atoms with Crippen molar-refractivity contribution >= 4 is 27.7 Å². The summed E-state index contributed by atoms with van der Waals surface area (Å²) in [5.74, 6) is -0.0911. The van der Waals surface area contributed by atoms with Crippen LogP contribution in [0.4, 0.5) is 5.69 Å². The first-order chi connectivity index (χ1) is 14.4. The van der Waals surface area contributed by atoms with Gasteiger partial charge in [0.1, 0.15) is 10.6 Å².